The van der Waals surface area contributed by atoms with Gasteiger partial charge in [-0.2, -0.15) is 0 Å². The quantitative estimate of drug-likeness (QED) is 0.630. The van der Waals surface area contributed by atoms with Crippen LogP contribution in [0.3, 0.4) is 0 Å². The summed E-state index contributed by atoms with van der Waals surface area (Å²) in [5.41, 5.74) is 0. The molecule has 2 fully saturated rings. The van der Waals surface area contributed by atoms with Gasteiger partial charge in [0, 0.05) is 6.54 Å². The number of amides is 2. The van der Waals surface area contributed by atoms with E-state index in [9.17, 15) is 9.59 Å². The second kappa shape index (κ2) is 6.26. The Labute approximate surface area is 114 Å². The van der Waals surface area contributed by atoms with Crippen molar-refractivity contribution in [3.63, 3.8) is 0 Å². The number of rotatable bonds is 8. The molecule has 0 aromatic rings. The van der Waals surface area contributed by atoms with Gasteiger partial charge < -0.3 is 15.7 Å². The van der Waals surface area contributed by atoms with Crippen molar-refractivity contribution in [3.8, 4) is 0 Å². The Kier molecular flexibility index (Phi) is 4.66. The fraction of sp³-hybridized carbons (Fsp3) is 0.857. The van der Waals surface area contributed by atoms with E-state index in [4.69, 9.17) is 5.11 Å². The number of carboxylic acids is 1. The second-order valence-electron chi connectivity index (χ2n) is 5.87. The van der Waals surface area contributed by atoms with Gasteiger partial charge in [-0.1, -0.05) is 13.3 Å². The SMILES string of the molecule is CCC[C@@H](NC(=O)NCC(C1CC1)C1CC1)C(=O)O. The highest BCUT2D eigenvalue weighted by Crippen LogP contribution is 2.48. The van der Waals surface area contributed by atoms with Gasteiger partial charge in [-0.15, -0.1) is 0 Å². The van der Waals surface area contributed by atoms with Crippen LogP contribution in [-0.2, 0) is 4.79 Å². The normalized spacial score (nSPS) is 20.1. The van der Waals surface area contributed by atoms with Crippen molar-refractivity contribution in [2.24, 2.45) is 17.8 Å². The summed E-state index contributed by atoms with van der Waals surface area (Å²) >= 11 is 0. The van der Waals surface area contributed by atoms with E-state index in [2.05, 4.69) is 10.6 Å². The number of carbonyl (C=O) groups excluding carboxylic acids is 1. The first-order valence-electron chi connectivity index (χ1n) is 7.39. The van der Waals surface area contributed by atoms with Gasteiger partial charge in [-0.25, -0.2) is 9.59 Å². The van der Waals surface area contributed by atoms with Crippen molar-refractivity contribution in [3.05, 3.63) is 0 Å². The van der Waals surface area contributed by atoms with E-state index >= 15 is 0 Å². The zero-order chi connectivity index (χ0) is 13.8. The fourth-order valence-electron chi connectivity index (χ4n) is 2.73. The molecule has 0 aliphatic heterocycles. The lowest BCUT2D eigenvalue weighted by molar-refractivity contribution is -0.139. The van der Waals surface area contributed by atoms with Crippen molar-refractivity contribution < 1.29 is 14.7 Å². The van der Waals surface area contributed by atoms with Crippen molar-refractivity contribution in [1.29, 1.82) is 0 Å². The first-order chi connectivity index (χ1) is 9.11. The van der Waals surface area contributed by atoms with Crippen LogP contribution in [-0.4, -0.2) is 29.7 Å². The lowest BCUT2D eigenvalue weighted by Gasteiger charge is -2.18. The molecule has 0 radical (unpaired) electrons. The number of aliphatic carboxylic acids is 1. The Morgan fingerprint density at radius 3 is 2.21 bits per heavy atom. The van der Waals surface area contributed by atoms with Gasteiger partial charge in [0.2, 0.25) is 0 Å². The lowest BCUT2D eigenvalue weighted by atomic mass is 9.98. The molecule has 0 bridgehead atoms. The molecule has 5 heteroatoms. The first-order valence-corrected chi connectivity index (χ1v) is 7.39. The molecule has 0 aromatic carbocycles. The number of nitrogens with one attached hydrogen (secondary N) is 2. The Morgan fingerprint density at radius 1 is 1.21 bits per heavy atom. The predicted octanol–water partition coefficient (Wildman–Crippen LogP) is 1.98. The minimum absolute atomic E-state index is 0.341. The molecule has 3 N–H and O–H groups in total. The zero-order valence-corrected chi connectivity index (χ0v) is 11.5. The maximum Gasteiger partial charge on any atom is 0.326 e. The molecule has 0 saturated heterocycles. The molecule has 2 rings (SSSR count). The highest BCUT2D eigenvalue weighted by atomic mass is 16.4. The summed E-state index contributed by atoms with van der Waals surface area (Å²) in [5, 5.41) is 14.4. The molecular weight excluding hydrogens is 244 g/mol. The topological polar surface area (TPSA) is 78.4 Å². The van der Waals surface area contributed by atoms with Crippen LogP contribution in [0, 0.1) is 17.8 Å². The maximum absolute atomic E-state index is 11.7. The Bertz CT molecular complexity index is 326. The second-order valence-corrected chi connectivity index (χ2v) is 5.87. The number of carboxylic acid groups (broad SMARTS) is 1. The van der Waals surface area contributed by atoms with Crippen LogP contribution in [0.25, 0.3) is 0 Å². The predicted molar refractivity (Wildman–Crippen MR) is 71.8 cm³/mol. The third-order valence-corrected chi connectivity index (χ3v) is 4.13. The van der Waals surface area contributed by atoms with E-state index in [1.165, 1.54) is 25.7 Å². The van der Waals surface area contributed by atoms with Crippen LogP contribution in [0.5, 0.6) is 0 Å². The molecule has 19 heavy (non-hydrogen) atoms. The summed E-state index contributed by atoms with van der Waals surface area (Å²) in [6.07, 6.45) is 6.37. The van der Waals surface area contributed by atoms with Crippen molar-refractivity contribution in [2.45, 2.75) is 51.5 Å². The highest BCUT2D eigenvalue weighted by Gasteiger charge is 2.41. The summed E-state index contributed by atoms with van der Waals surface area (Å²) < 4.78 is 0. The Hall–Kier alpha value is -1.26. The number of hydrogen-bond donors (Lipinski definition) is 3. The van der Waals surface area contributed by atoms with E-state index in [1.807, 2.05) is 6.92 Å². The van der Waals surface area contributed by atoms with Crippen LogP contribution < -0.4 is 10.6 Å². The number of hydrogen-bond acceptors (Lipinski definition) is 2. The summed E-state index contributed by atoms with van der Waals surface area (Å²) in [5.74, 6) is 1.23. The van der Waals surface area contributed by atoms with Gasteiger partial charge in [-0.3, -0.25) is 0 Å². The van der Waals surface area contributed by atoms with Crippen LogP contribution in [0.4, 0.5) is 4.79 Å². The lowest BCUT2D eigenvalue weighted by Crippen LogP contribution is -2.47. The van der Waals surface area contributed by atoms with Crippen LogP contribution in [0.2, 0.25) is 0 Å². The molecule has 2 aliphatic rings. The molecule has 0 aromatic heterocycles. The monoisotopic (exact) mass is 268 g/mol. The molecule has 0 heterocycles. The maximum atomic E-state index is 11.7. The van der Waals surface area contributed by atoms with Gasteiger partial charge in [-0.05, 0) is 49.9 Å². The molecule has 0 unspecified atom stereocenters. The average Bonchev–Trinajstić information content (AvgIpc) is 3.22. The molecule has 1 atom stereocenters. The van der Waals surface area contributed by atoms with Gasteiger partial charge >= 0.3 is 12.0 Å². The van der Waals surface area contributed by atoms with Gasteiger partial charge in [0.25, 0.3) is 0 Å². The van der Waals surface area contributed by atoms with Gasteiger partial charge in [0.05, 0.1) is 0 Å². The average molecular weight is 268 g/mol. The van der Waals surface area contributed by atoms with Crippen LogP contribution in [0.1, 0.15) is 45.4 Å². The highest BCUT2D eigenvalue weighted by molar-refractivity contribution is 5.82. The minimum Gasteiger partial charge on any atom is -0.480 e. The first kappa shape index (κ1) is 14.2. The number of urea groups is 1. The molecule has 108 valence electrons. The van der Waals surface area contributed by atoms with E-state index in [-0.39, 0.29) is 6.03 Å². The summed E-state index contributed by atoms with van der Waals surface area (Å²) in [6, 6.07) is -1.11. The fourth-order valence-corrected chi connectivity index (χ4v) is 2.73. The van der Waals surface area contributed by atoms with Gasteiger partial charge in [0.15, 0.2) is 0 Å². The third-order valence-electron chi connectivity index (χ3n) is 4.13. The van der Waals surface area contributed by atoms with E-state index in [1.54, 1.807) is 0 Å². The van der Waals surface area contributed by atoms with E-state index in [0.29, 0.717) is 18.9 Å². The van der Waals surface area contributed by atoms with E-state index in [0.717, 1.165) is 18.3 Å². The molecule has 5 nitrogen and oxygen atoms in total. The summed E-state index contributed by atoms with van der Waals surface area (Å²) in [4.78, 5) is 22.7. The summed E-state index contributed by atoms with van der Waals surface area (Å²) in [6.45, 7) is 2.60. The van der Waals surface area contributed by atoms with E-state index < -0.39 is 12.0 Å². The molecular formula is C14H24N2O3. The van der Waals surface area contributed by atoms with Crippen molar-refractivity contribution in [1.82, 2.24) is 10.6 Å². The minimum atomic E-state index is -0.960. The van der Waals surface area contributed by atoms with Crippen molar-refractivity contribution in [2.75, 3.05) is 6.54 Å². The standard InChI is InChI=1S/C14H24N2O3/c1-2-3-12(13(17)18)16-14(19)15-8-11(9-4-5-9)10-6-7-10/h9-12H,2-8H2,1H3,(H,17,18)(H2,15,16,19)/t12-/m1/s1. The molecule has 2 amide bonds. The molecule has 2 aliphatic carbocycles. The zero-order valence-electron chi connectivity index (χ0n) is 11.5. The summed E-state index contributed by atoms with van der Waals surface area (Å²) in [7, 11) is 0. The largest absolute Gasteiger partial charge is 0.480 e. The van der Waals surface area contributed by atoms with Crippen LogP contribution >= 0.6 is 0 Å². The number of carbonyl (C=O) groups is 2. The van der Waals surface area contributed by atoms with Gasteiger partial charge in [0.1, 0.15) is 6.04 Å². The third kappa shape index (κ3) is 4.40. The smallest absolute Gasteiger partial charge is 0.326 e. The Balaban J connectivity index is 1.71. The van der Waals surface area contributed by atoms with Crippen molar-refractivity contribution >= 4 is 12.0 Å². The van der Waals surface area contributed by atoms with Crippen LogP contribution in [0.15, 0.2) is 0 Å². The Morgan fingerprint density at radius 2 is 1.79 bits per heavy atom. The molecule has 2 saturated carbocycles. The molecule has 0 spiro atoms.